The maximum absolute atomic E-state index is 12.4. The first-order valence-electron chi connectivity index (χ1n) is 8.73. The molecule has 0 spiro atoms. The van der Waals surface area contributed by atoms with Crippen molar-refractivity contribution in [3.05, 3.63) is 17.1 Å². The molecule has 2 amide bonds. The minimum Gasteiger partial charge on any atom is -0.375 e. The number of carbonyl (C=O) groups excluding carboxylic acids is 2. The summed E-state index contributed by atoms with van der Waals surface area (Å²) in [5, 5.41) is 0. The molecule has 138 valence electrons. The van der Waals surface area contributed by atoms with Gasteiger partial charge in [0.25, 0.3) is 0 Å². The topological polar surface area (TPSA) is 75.6 Å². The Labute approximate surface area is 149 Å². The van der Waals surface area contributed by atoms with E-state index in [-0.39, 0.29) is 18.4 Å². The van der Waals surface area contributed by atoms with Crippen LogP contribution in [0.2, 0.25) is 0 Å². The van der Waals surface area contributed by atoms with Crippen LogP contribution in [0.5, 0.6) is 0 Å². The van der Waals surface area contributed by atoms with Gasteiger partial charge in [0.05, 0.1) is 6.54 Å². The van der Waals surface area contributed by atoms with Crippen molar-refractivity contribution in [2.75, 3.05) is 32.2 Å². The number of carbonyl (C=O) groups is 2. The van der Waals surface area contributed by atoms with Crippen LogP contribution in [0.1, 0.15) is 43.8 Å². The molecule has 0 unspecified atom stereocenters. The Hall–Kier alpha value is -2.02. The lowest BCUT2D eigenvalue weighted by Crippen LogP contribution is -2.38. The van der Waals surface area contributed by atoms with Gasteiger partial charge in [-0.2, -0.15) is 0 Å². The molecule has 0 bridgehead atoms. The fourth-order valence-corrected chi connectivity index (χ4v) is 2.86. The number of methoxy groups -OCH3 is 1. The van der Waals surface area contributed by atoms with Crippen molar-refractivity contribution in [2.24, 2.45) is 5.92 Å². The van der Waals surface area contributed by atoms with Crippen molar-refractivity contribution in [1.82, 2.24) is 14.9 Å². The summed E-state index contributed by atoms with van der Waals surface area (Å²) in [4.78, 5) is 36.8. The van der Waals surface area contributed by atoms with Crippen molar-refractivity contribution < 1.29 is 14.3 Å². The second-order valence-electron chi connectivity index (χ2n) is 6.94. The van der Waals surface area contributed by atoms with Crippen LogP contribution in [-0.4, -0.2) is 54.0 Å². The number of anilines is 1. The fourth-order valence-electron chi connectivity index (χ4n) is 2.86. The van der Waals surface area contributed by atoms with Gasteiger partial charge in [-0.3, -0.25) is 14.5 Å². The van der Waals surface area contributed by atoms with Gasteiger partial charge >= 0.3 is 0 Å². The zero-order valence-corrected chi connectivity index (χ0v) is 15.8. The largest absolute Gasteiger partial charge is 0.375 e. The summed E-state index contributed by atoms with van der Waals surface area (Å²) in [6.07, 6.45) is 2.10. The van der Waals surface area contributed by atoms with Gasteiger partial charge in [0.1, 0.15) is 18.2 Å². The molecule has 0 saturated carbocycles. The summed E-state index contributed by atoms with van der Waals surface area (Å²) in [5.74, 6) is 1.76. The predicted octanol–water partition coefficient (Wildman–Crippen LogP) is 1.72. The zero-order valence-electron chi connectivity index (χ0n) is 15.8. The van der Waals surface area contributed by atoms with Crippen LogP contribution < -0.4 is 4.90 Å². The van der Waals surface area contributed by atoms with E-state index in [2.05, 4.69) is 23.8 Å². The van der Waals surface area contributed by atoms with E-state index in [0.717, 1.165) is 17.7 Å². The van der Waals surface area contributed by atoms with Gasteiger partial charge in [-0.15, -0.1) is 0 Å². The first kappa shape index (κ1) is 19.3. The molecular weight excluding hydrogens is 320 g/mol. The van der Waals surface area contributed by atoms with E-state index in [1.807, 2.05) is 6.92 Å². The zero-order chi connectivity index (χ0) is 18.6. The molecule has 0 radical (unpaired) electrons. The van der Waals surface area contributed by atoms with Gasteiger partial charge in [0.15, 0.2) is 0 Å². The number of rotatable bonds is 7. The van der Waals surface area contributed by atoms with E-state index in [1.54, 1.807) is 11.9 Å². The number of aromatic nitrogens is 2. The van der Waals surface area contributed by atoms with Gasteiger partial charge in [-0.05, 0) is 25.7 Å². The average Bonchev–Trinajstić information content (AvgIpc) is 2.53. The van der Waals surface area contributed by atoms with E-state index in [1.165, 1.54) is 12.0 Å². The fraction of sp³-hybridized carbons (Fsp3) is 0.667. The van der Waals surface area contributed by atoms with Crippen molar-refractivity contribution in [3.8, 4) is 0 Å². The van der Waals surface area contributed by atoms with Crippen LogP contribution in [0.3, 0.4) is 0 Å². The third-order valence-electron chi connectivity index (χ3n) is 4.39. The number of hydrogen-bond acceptors (Lipinski definition) is 5. The Morgan fingerprint density at radius 2 is 2.04 bits per heavy atom. The molecule has 7 nitrogen and oxygen atoms in total. The maximum Gasteiger partial charge on any atom is 0.248 e. The summed E-state index contributed by atoms with van der Waals surface area (Å²) >= 11 is 0. The Bertz CT molecular complexity index is 645. The molecular formula is C18H28N4O3. The van der Waals surface area contributed by atoms with Crippen molar-refractivity contribution >= 4 is 17.6 Å². The van der Waals surface area contributed by atoms with Crippen LogP contribution >= 0.6 is 0 Å². The Morgan fingerprint density at radius 3 is 2.68 bits per heavy atom. The third kappa shape index (κ3) is 4.75. The summed E-state index contributed by atoms with van der Waals surface area (Å²) in [7, 11) is 3.19. The summed E-state index contributed by atoms with van der Waals surface area (Å²) < 4.78 is 4.88. The predicted molar refractivity (Wildman–Crippen MR) is 95.2 cm³/mol. The highest BCUT2D eigenvalue weighted by atomic mass is 16.5. The second kappa shape index (κ2) is 8.38. The molecule has 0 saturated heterocycles. The molecule has 0 aromatic carbocycles. The minimum absolute atomic E-state index is 0.0272. The molecule has 1 aromatic heterocycles. The number of fused-ring (bicyclic) bond motifs is 1. The number of likely N-dealkylation sites (N-methyl/N-ethyl adjacent to an activating group) is 1. The summed E-state index contributed by atoms with van der Waals surface area (Å²) in [6.45, 7) is 7.21. The summed E-state index contributed by atoms with van der Waals surface area (Å²) in [6, 6.07) is 0. The maximum atomic E-state index is 12.4. The van der Waals surface area contributed by atoms with Crippen LogP contribution in [0, 0.1) is 12.8 Å². The lowest BCUT2D eigenvalue weighted by Gasteiger charge is -2.30. The standard InChI is InChI=1S/C18H28N4O3/c1-12(2)8-9-22-16(23)7-6-14-13(3)19-15(20-18(14)22)10-21(4)17(24)11-25-5/h12H,6-11H2,1-5H3. The highest BCUT2D eigenvalue weighted by Gasteiger charge is 2.28. The molecule has 1 aliphatic heterocycles. The third-order valence-corrected chi connectivity index (χ3v) is 4.39. The molecule has 0 N–H and O–H groups in total. The lowest BCUT2D eigenvalue weighted by atomic mass is 10.0. The number of hydrogen-bond donors (Lipinski definition) is 0. The van der Waals surface area contributed by atoms with Gasteiger partial charge in [-0.25, -0.2) is 9.97 Å². The van der Waals surface area contributed by atoms with Crippen LogP contribution in [-0.2, 0) is 27.3 Å². The van der Waals surface area contributed by atoms with E-state index in [9.17, 15) is 9.59 Å². The minimum atomic E-state index is -0.130. The van der Waals surface area contributed by atoms with Crippen molar-refractivity contribution in [2.45, 2.75) is 46.6 Å². The Kier molecular flexibility index (Phi) is 6.47. The Morgan fingerprint density at radius 1 is 1.32 bits per heavy atom. The first-order valence-corrected chi connectivity index (χ1v) is 8.73. The smallest absolute Gasteiger partial charge is 0.248 e. The highest BCUT2D eigenvalue weighted by Crippen LogP contribution is 2.28. The molecule has 25 heavy (non-hydrogen) atoms. The molecule has 0 atom stereocenters. The van der Waals surface area contributed by atoms with Gasteiger partial charge in [0, 0.05) is 38.4 Å². The van der Waals surface area contributed by atoms with Crippen LogP contribution in [0.25, 0.3) is 0 Å². The van der Waals surface area contributed by atoms with Gasteiger partial charge in [-0.1, -0.05) is 13.8 Å². The normalized spacial score (nSPS) is 14.0. The molecule has 0 aliphatic carbocycles. The quantitative estimate of drug-likeness (QED) is 0.750. The molecule has 1 aromatic rings. The number of aryl methyl sites for hydroxylation is 1. The SMILES string of the molecule is COCC(=O)N(C)Cc1nc(C)c2c(n1)N(CCC(C)C)C(=O)CC2. The molecule has 2 heterocycles. The van der Waals surface area contributed by atoms with Crippen LogP contribution in [0.15, 0.2) is 0 Å². The molecule has 2 rings (SSSR count). The van der Waals surface area contributed by atoms with E-state index in [0.29, 0.717) is 43.5 Å². The highest BCUT2D eigenvalue weighted by molar-refractivity contribution is 5.95. The Balaban J connectivity index is 2.27. The monoisotopic (exact) mass is 348 g/mol. The van der Waals surface area contributed by atoms with Crippen molar-refractivity contribution in [1.29, 1.82) is 0 Å². The van der Waals surface area contributed by atoms with E-state index in [4.69, 9.17) is 4.74 Å². The van der Waals surface area contributed by atoms with Gasteiger partial charge < -0.3 is 9.64 Å². The second-order valence-corrected chi connectivity index (χ2v) is 6.94. The molecule has 0 fully saturated rings. The lowest BCUT2D eigenvalue weighted by molar-refractivity contribution is -0.134. The molecule has 1 aliphatic rings. The van der Waals surface area contributed by atoms with Crippen molar-refractivity contribution in [3.63, 3.8) is 0 Å². The number of nitrogens with zero attached hydrogens (tertiary/aromatic N) is 4. The van der Waals surface area contributed by atoms with E-state index >= 15 is 0 Å². The molecule has 7 heteroatoms. The van der Waals surface area contributed by atoms with E-state index < -0.39 is 0 Å². The first-order chi connectivity index (χ1) is 11.8. The number of ether oxygens (including phenoxy) is 1. The summed E-state index contributed by atoms with van der Waals surface area (Å²) in [5.41, 5.74) is 1.92. The average molecular weight is 348 g/mol. The van der Waals surface area contributed by atoms with Gasteiger partial charge in [0.2, 0.25) is 11.8 Å². The van der Waals surface area contributed by atoms with Crippen LogP contribution in [0.4, 0.5) is 5.82 Å². The number of amides is 2.